The SMILES string of the molecule is CN(CCCOc1cc(C=O)ccc1[N+](=O)[O-])CCC(O)([P+](=O)O)P(=O)(O)O. The van der Waals surface area contributed by atoms with Gasteiger partial charge in [0.1, 0.15) is 6.29 Å². The molecule has 0 spiro atoms. The summed E-state index contributed by atoms with van der Waals surface area (Å²) in [7, 11) is -7.19. The molecule has 0 bridgehead atoms. The lowest BCUT2D eigenvalue weighted by atomic mass is 10.2. The fourth-order valence-corrected chi connectivity index (χ4v) is 3.77. The van der Waals surface area contributed by atoms with E-state index in [0.717, 1.165) is 6.07 Å². The Hall–Kier alpha value is -1.78. The quantitative estimate of drug-likeness (QED) is 0.120. The van der Waals surface area contributed by atoms with Gasteiger partial charge in [-0.3, -0.25) is 19.5 Å². The minimum absolute atomic E-state index is 0.0461. The number of ether oxygens (including phenoxy) is 1. The van der Waals surface area contributed by atoms with E-state index in [4.69, 9.17) is 19.4 Å². The topological polar surface area (TPSA) is 188 Å². The largest absolute Gasteiger partial charge is 0.554 e. The number of hydrogen-bond acceptors (Lipinski definition) is 8. The molecular formula is C14H21N2O10P2+. The molecule has 1 rings (SSSR count). The fraction of sp³-hybridized carbons (Fsp3) is 0.500. The Balaban J connectivity index is 2.57. The summed E-state index contributed by atoms with van der Waals surface area (Å²) in [5.74, 6) is -0.0644. The molecule has 4 N–H and O–H groups in total. The number of nitrogens with zero attached hydrogens (tertiary/aromatic N) is 2. The summed E-state index contributed by atoms with van der Waals surface area (Å²) < 4.78 is 27.7. The van der Waals surface area contributed by atoms with Crippen molar-refractivity contribution in [1.29, 1.82) is 0 Å². The van der Waals surface area contributed by atoms with Gasteiger partial charge in [-0.05, 0) is 30.2 Å². The average Bonchev–Trinajstić information content (AvgIpc) is 2.61. The van der Waals surface area contributed by atoms with Gasteiger partial charge in [0.15, 0.2) is 5.75 Å². The molecule has 0 radical (unpaired) electrons. The summed E-state index contributed by atoms with van der Waals surface area (Å²) in [6.07, 6.45) is 0.240. The molecule has 0 fully saturated rings. The van der Waals surface area contributed by atoms with E-state index >= 15 is 0 Å². The molecule has 0 aliphatic heterocycles. The molecule has 28 heavy (non-hydrogen) atoms. The Morgan fingerprint density at radius 2 is 2.04 bits per heavy atom. The Labute approximate surface area is 160 Å². The Bertz CT molecular complexity index is 783. The van der Waals surface area contributed by atoms with E-state index in [1.165, 1.54) is 12.1 Å². The molecule has 12 nitrogen and oxygen atoms in total. The first-order valence-corrected chi connectivity index (χ1v) is 10.7. The molecule has 0 saturated heterocycles. The second-order valence-electron chi connectivity index (χ2n) is 5.95. The number of carbonyl (C=O) groups excluding carboxylic acids is 1. The molecular weight excluding hydrogens is 418 g/mol. The van der Waals surface area contributed by atoms with E-state index in [-0.39, 0.29) is 30.2 Å². The number of benzene rings is 1. The van der Waals surface area contributed by atoms with Crippen LogP contribution < -0.4 is 4.74 Å². The second-order valence-corrected chi connectivity index (χ2v) is 9.42. The van der Waals surface area contributed by atoms with Gasteiger partial charge in [0.05, 0.1) is 18.0 Å². The third kappa shape index (κ3) is 6.39. The molecule has 14 heteroatoms. The molecule has 0 heterocycles. The van der Waals surface area contributed by atoms with E-state index in [1.807, 2.05) is 0 Å². The summed E-state index contributed by atoms with van der Waals surface area (Å²) in [4.78, 5) is 49.8. The third-order valence-corrected chi connectivity index (χ3v) is 7.15. The number of nitro benzene ring substituents is 1. The average molecular weight is 439 g/mol. The second kappa shape index (κ2) is 10.1. The van der Waals surface area contributed by atoms with Crippen LogP contribution in [-0.4, -0.2) is 67.7 Å². The number of hydrogen-bond donors (Lipinski definition) is 4. The fourth-order valence-electron chi connectivity index (χ4n) is 2.19. The predicted octanol–water partition coefficient (Wildman–Crippen LogP) is 1.06. The lowest BCUT2D eigenvalue weighted by molar-refractivity contribution is -0.385. The minimum atomic E-state index is -5.22. The van der Waals surface area contributed by atoms with Crippen LogP contribution in [0.1, 0.15) is 23.2 Å². The first-order chi connectivity index (χ1) is 12.9. The van der Waals surface area contributed by atoms with Crippen LogP contribution in [0.25, 0.3) is 0 Å². The Kier molecular flexibility index (Phi) is 8.77. The third-order valence-electron chi connectivity index (χ3n) is 3.86. The van der Waals surface area contributed by atoms with Crippen LogP contribution in [-0.2, 0) is 9.13 Å². The van der Waals surface area contributed by atoms with Crippen molar-refractivity contribution in [1.82, 2.24) is 4.90 Å². The standard InChI is InChI=1S/C14H20N2O10P2/c1-15(7-5-14(18,27(21)22)28(23,24)25)6-2-8-26-13-9-11(10-17)3-4-12(13)16(19)20/h3-4,9-10,18H,2,5-8H2,1H3,(H2-,21,22,23,24,25)/p+1. The van der Waals surface area contributed by atoms with Gasteiger partial charge in [-0.25, -0.2) is 0 Å². The Morgan fingerprint density at radius 1 is 1.39 bits per heavy atom. The van der Waals surface area contributed by atoms with E-state index in [9.17, 15) is 29.1 Å². The first kappa shape index (κ1) is 24.3. The molecule has 156 valence electrons. The molecule has 1 aromatic rings. The van der Waals surface area contributed by atoms with Crippen LogP contribution in [0.4, 0.5) is 5.69 Å². The minimum Gasteiger partial charge on any atom is -0.487 e. The smallest absolute Gasteiger partial charge is 0.487 e. The van der Waals surface area contributed by atoms with Crippen molar-refractivity contribution in [2.75, 3.05) is 26.7 Å². The number of aldehydes is 1. The van der Waals surface area contributed by atoms with Gasteiger partial charge in [-0.1, -0.05) is 0 Å². The highest BCUT2D eigenvalue weighted by Gasteiger charge is 2.62. The maximum absolute atomic E-state index is 11.2. The van der Waals surface area contributed by atoms with Crippen molar-refractivity contribution in [3.05, 3.63) is 33.9 Å². The number of nitro groups is 1. The zero-order valence-electron chi connectivity index (χ0n) is 14.9. The van der Waals surface area contributed by atoms with Gasteiger partial charge in [0, 0.05) is 24.7 Å². The van der Waals surface area contributed by atoms with Gasteiger partial charge in [0.2, 0.25) is 0 Å². The van der Waals surface area contributed by atoms with Crippen LogP contribution >= 0.6 is 15.6 Å². The Morgan fingerprint density at radius 3 is 2.54 bits per heavy atom. The van der Waals surface area contributed by atoms with Gasteiger partial charge in [-0.15, -0.1) is 0 Å². The molecule has 0 aliphatic rings. The predicted molar refractivity (Wildman–Crippen MR) is 97.5 cm³/mol. The van der Waals surface area contributed by atoms with Crippen molar-refractivity contribution >= 4 is 27.6 Å². The molecule has 2 unspecified atom stereocenters. The van der Waals surface area contributed by atoms with Crippen molar-refractivity contribution in [2.24, 2.45) is 0 Å². The highest BCUT2D eigenvalue weighted by Crippen LogP contribution is 2.61. The number of aliphatic hydroxyl groups is 1. The van der Waals surface area contributed by atoms with Crippen LogP contribution in [0, 0.1) is 10.1 Å². The van der Waals surface area contributed by atoms with Gasteiger partial charge in [0.25, 0.3) is 0 Å². The molecule has 0 aromatic heterocycles. The summed E-state index contributed by atoms with van der Waals surface area (Å²) in [6, 6.07) is 3.69. The van der Waals surface area contributed by atoms with Gasteiger partial charge in [-0.2, -0.15) is 4.89 Å². The van der Waals surface area contributed by atoms with Crippen LogP contribution in [0.15, 0.2) is 18.2 Å². The summed E-state index contributed by atoms with van der Waals surface area (Å²) in [6.45, 7) is 0.259. The highest BCUT2D eigenvalue weighted by molar-refractivity contribution is 7.66. The van der Waals surface area contributed by atoms with Gasteiger partial charge >= 0.3 is 26.4 Å². The van der Waals surface area contributed by atoms with Crippen molar-refractivity contribution in [3.8, 4) is 5.75 Å². The van der Waals surface area contributed by atoms with Gasteiger partial charge < -0.3 is 24.5 Å². The van der Waals surface area contributed by atoms with E-state index < -0.39 is 32.1 Å². The normalized spacial score (nSPS) is 14.4. The van der Waals surface area contributed by atoms with Crippen molar-refractivity contribution in [3.63, 3.8) is 0 Å². The lowest BCUT2D eigenvalue weighted by Crippen LogP contribution is -2.31. The molecule has 0 aliphatic carbocycles. The number of rotatable bonds is 12. The molecule has 0 amide bonds. The van der Waals surface area contributed by atoms with E-state index in [0.29, 0.717) is 19.3 Å². The molecule has 2 atom stereocenters. The highest BCUT2D eigenvalue weighted by atomic mass is 31.2. The molecule has 1 aromatic carbocycles. The van der Waals surface area contributed by atoms with Crippen molar-refractivity contribution < 1.29 is 43.4 Å². The summed E-state index contributed by atoms with van der Waals surface area (Å²) in [5.41, 5.74) is -0.0787. The summed E-state index contributed by atoms with van der Waals surface area (Å²) in [5, 5.41) is 17.7. The maximum atomic E-state index is 11.2. The van der Waals surface area contributed by atoms with Crippen LogP contribution in [0.2, 0.25) is 0 Å². The maximum Gasteiger partial charge on any atom is 0.554 e. The first-order valence-electron chi connectivity index (χ1n) is 7.91. The zero-order valence-corrected chi connectivity index (χ0v) is 16.7. The van der Waals surface area contributed by atoms with Crippen molar-refractivity contribution in [2.45, 2.75) is 17.9 Å². The number of carbonyl (C=O) groups is 1. The molecule has 0 saturated carbocycles. The van der Waals surface area contributed by atoms with E-state index in [1.54, 1.807) is 11.9 Å². The zero-order chi connectivity index (χ0) is 21.5. The van der Waals surface area contributed by atoms with E-state index in [2.05, 4.69) is 0 Å². The summed E-state index contributed by atoms with van der Waals surface area (Å²) >= 11 is 0. The van der Waals surface area contributed by atoms with Crippen LogP contribution in [0.3, 0.4) is 0 Å². The monoisotopic (exact) mass is 439 g/mol. The lowest BCUT2D eigenvalue weighted by Gasteiger charge is -2.21. The van der Waals surface area contributed by atoms with Crippen LogP contribution in [0.5, 0.6) is 5.75 Å².